The minimum Gasteiger partial charge on any atom is -0.383 e. The topological polar surface area (TPSA) is 70.1 Å². The van der Waals surface area contributed by atoms with E-state index in [-0.39, 0.29) is 5.82 Å². The molecule has 1 amide bonds. The largest absolute Gasteiger partial charge is 0.383 e. The van der Waals surface area contributed by atoms with Crippen LogP contribution in [0.3, 0.4) is 0 Å². The Labute approximate surface area is 149 Å². The summed E-state index contributed by atoms with van der Waals surface area (Å²) < 4.78 is 20.3. The Kier molecular flexibility index (Phi) is 5.35. The van der Waals surface area contributed by atoms with Crippen LogP contribution >= 0.6 is 11.8 Å². The highest BCUT2D eigenvalue weighted by atomic mass is 32.2. The van der Waals surface area contributed by atoms with Gasteiger partial charge < -0.3 is 15.0 Å². The van der Waals surface area contributed by atoms with Gasteiger partial charge in [0.25, 0.3) is 0 Å². The van der Waals surface area contributed by atoms with E-state index in [0.717, 1.165) is 11.0 Å². The standard InChI is InChI=1S/C18H18FN3O2S/c1-24-11-10-22-15-5-3-2-4-14(15)21-18(22)25-16(17(20)23)12-6-8-13(19)9-7-12/h2-9,16H,10-11H2,1H3,(H2,20,23). The van der Waals surface area contributed by atoms with Gasteiger partial charge in [0, 0.05) is 13.7 Å². The summed E-state index contributed by atoms with van der Waals surface area (Å²) >= 11 is 1.26. The second-order valence-electron chi connectivity index (χ2n) is 5.48. The van der Waals surface area contributed by atoms with Crippen molar-refractivity contribution in [3.8, 4) is 0 Å². The first-order chi connectivity index (χ1) is 12.1. The molecule has 0 saturated carbocycles. The summed E-state index contributed by atoms with van der Waals surface area (Å²) in [5.74, 6) is -0.855. The smallest absolute Gasteiger partial charge is 0.235 e. The highest BCUT2D eigenvalue weighted by molar-refractivity contribution is 8.00. The second-order valence-corrected chi connectivity index (χ2v) is 6.55. The number of fused-ring (bicyclic) bond motifs is 1. The molecule has 0 saturated heterocycles. The van der Waals surface area contributed by atoms with E-state index in [2.05, 4.69) is 4.98 Å². The van der Waals surface area contributed by atoms with Crippen LogP contribution in [0, 0.1) is 5.82 Å². The number of rotatable bonds is 7. The van der Waals surface area contributed by atoms with Gasteiger partial charge in [0.2, 0.25) is 5.91 Å². The number of hydrogen-bond donors (Lipinski definition) is 1. The molecule has 0 aliphatic carbocycles. The maximum atomic E-state index is 13.2. The fourth-order valence-corrected chi connectivity index (χ4v) is 3.66. The normalized spacial score (nSPS) is 12.4. The summed E-state index contributed by atoms with van der Waals surface area (Å²) in [6.07, 6.45) is 0. The first kappa shape index (κ1) is 17.4. The molecule has 0 radical (unpaired) electrons. The highest BCUT2D eigenvalue weighted by Gasteiger charge is 2.23. The van der Waals surface area contributed by atoms with Crippen molar-refractivity contribution in [2.24, 2.45) is 5.73 Å². The number of nitrogens with two attached hydrogens (primary N) is 1. The quantitative estimate of drug-likeness (QED) is 0.658. The van der Waals surface area contributed by atoms with Gasteiger partial charge in [-0.05, 0) is 29.8 Å². The number of thioether (sulfide) groups is 1. The van der Waals surface area contributed by atoms with E-state index in [1.807, 2.05) is 28.8 Å². The van der Waals surface area contributed by atoms with Gasteiger partial charge >= 0.3 is 0 Å². The molecule has 0 spiro atoms. The summed E-state index contributed by atoms with van der Waals surface area (Å²) in [5.41, 5.74) is 8.03. The van der Waals surface area contributed by atoms with Crippen molar-refractivity contribution in [3.63, 3.8) is 0 Å². The van der Waals surface area contributed by atoms with E-state index in [0.29, 0.717) is 23.9 Å². The van der Waals surface area contributed by atoms with Crippen LogP contribution in [0.5, 0.6) is 0 Å². The second kappa shape index (κ2) is 7.67. The molecule has 2 aromatic carbocycles. The number of carbonyl (C=O) groups is 1. The average Bonchev–Trinajstić information content (AvgIpc) is 2.96. The Hall–Kier alpha value is -2.38. The molecule has 1 unspecified atom stereocenters. The van der Waals surface area contributed by atoms with Crippen molar-refractivity contribution in [2.45, 2.75) is 17.0 Å². The first-order valence-electron chi connectivity index (χ1n) is 7.76. The number of benzene rings is 2. The number of aromatic nitrogens is 2. The fourth-order valence-electron chi connectivity index (χ4n) is 2.58. The predicted octanol–water partition coefficient (Wildman–Crippen LogP) is 3.14. The summed E-state index contributed by atoms with van der Waals surface area (Å²) in [4.78, 5) is 16.6. The first-order valence-corrected chi connectivity index (χ1v) is 8.63. The number of hydrogen-bond acceptors (Lipinski definition) is 4. The average molecular weight is 359 g/mol. The fraction of sp³-hybridized carbons (Fsp3) is 0.222. The Morgan fingerprint density at radius 1 is 1.28 bits per heavy atom. The van der Waals surface area contributed by atoms with Crippen LogP contribution in [-0.4, -0.2) is 29.2 Å². The number of nitrogens with zero attached hydrogens (tertiary/aromatic N) is 2. The number of amides is 1. The molecule has 7 heteroatoms. The SMILES string of the molecule is COCCn1c(SC(C(N)=O)c2ccc(F)cc2)nc2ccccc21. The van der Waals surface area contributed by atoms with Crippen LogP contribution in [0.25, 0.3) is 11.0 Å². The molecule has 130 valence electrons. The minimum absolute atomic E-state index is 0.357. The zero-order valence-electron chi connectivity index (χ0n) is 13.7. The van der Waals surface area contributed by atoms with Gasteiger partial charge in [-0.25, -0.2) is 9.37 Å². The molecule has 0 aliphatic heterocycles. The van der Waals surface area contributed by atoms with E-state index < -0.39 is 11.2 Å². The zero-order valence-corrected chi connectivity index (χ0v) is 14.5. The van der Waals surface area contributed by atoms with E-state index in [4.69, 9.17) is 10.5 Å². The van der Waals surface area contributed by atoms with Crippen LogP contribution < -0.4 is 5.73 Å². The van der Waals surface area contributed by atoms with Crippen molar-refractivity contribution in [1.29, 1.82) is 0 Å². The van der Waals surface area contributed by atoms with Gasteiger partial charge in [-0.15, -0.1) is 0 Å². The lowest BCUT2D eigenvalue weighted by Crippen LogP contribution is -2.19. The summed E-state index contributed by atoms with van der Waals surface area (Å²) in [5, 5.41) is 0.0186. The molecule has 1 atom stereocenters. The lowest BCUT2D eigenvalue weighted by Gasteiger charge is -2.14. The maximum Gasteiger partial charge on any atom is 0.235 e. The van der Waals surface area contributed by atoms with E-state index >= 15 is 0 Å². The van der Waals surface area contributed by atoms with Crippen LogP contribution in [0.1, 0.15) is 10.8 Å². The van der Waals surface area contributed by atoms with Gasteiger partial charge in [0.15, 0.2) is 5.16 Å². The van der Waals surface area contributed by atoms with Gasteiger partial charge in [0.1, 0.15) is 11.1 Å². The van der Waals surface area contributed by atoms with Gasteiger partial charge in [-0.2, -0.15) is 0 Å². The molecule has 1 aromatic heterocycles. The Bertz CT molecular complexity index is 880. The van der Waals surface area contributed by atoms with Crippen molar-refractivity contribution in [2.75, 3.05) is 13.7 Å². The Morgan fingerprint density at radius 3 is 2.68 bits per heavy atom. The number of imidazole rings is 1. The van der Waals surface area contributed by atoms with E-state index in [1.54, 1.807) is 19.2 Å². The molecule has 5 nitrogen and oxygen atoms in total. The number of methoxy groups -OCH3 is 1. The molecule has 0 fully saturated rings. The molecule has 0 bridgehead atoms. The molecule has 3 aromatic rings. The third kappa shape index (κ3) is 3.83. The van der Waals surface area contributed by atoms with Gasteiger partial charge in [-0.1, -0.05) is 36.0 Å². The van der Waals surface area contributed by atoms with Crippen LogP contribution in [-0.2, 0) is 16.1 Å². The van der Waals surface area contributed by atoms with Crippen molar-refractivity contribution in [3.05, 3.63) is 59.9 Å². The predicted molar refractivity (Wildman–Crippen MR) is 95.8 cm³/mol. The van der Waals surface area contributed by atoms with Crippen LogP contribution in [0.15, 0.2) is 53.7 Å². The number of halogens is 1. The molecule has 2 N–H and O–H groups in total. The summed E-state index contributed by atoms with van der Waals surface area (Å²) in [6, 6.07) is 13.5. The van der Waals surface area contributed by atoms with E-state index in [1.165, 1.54) is 23.9 Å². The Balaban J connectivity index is 1.99. The third-order valence-corrected chi connectivity index (χ3v) is 5.06. The third-order valence-electron chi connectivity index (χ3n) is 3.79. The molecular formula is C18H18FN3O2S. The monoisotopic (exact) mass is 359 g/mol. The molecule has 3 rings (SSSR count). The van der Waals surface area contributed by atoms with E-state index in [9.17, 15) is 9.18 Å². The van der Waals surface area contributed by atoms with Gasteiger partial charge in [0.05, 0.1) is 17.6 Å². The number of primary amides is 1. The lowest BCUT2D eigenvalue weighted by atomic mass is 10.1. The number of ether oxygens (including phenoxy) is 1. The number of carbonyl (C=O) groups excluding carboxylic acids is 1. The zero-order chi connectivity index (χ0) is 17.8. The maximum absolute atomic E-state index is 13.2. The molecule has 0 aliphatic rings. The van der Waals surface area contributed by atoms with Crippen molar-refractivity contribution >= 4 is 28.7 Å². The molecular weight excluding hydrogens is 341 g/mol. The highest BCUT2D eigenvalue weighted by Crippen LogP contribution is 2.36. The van der Waals surface area contributed by atoms with Crippen molar-refractivity contribution in [1.82, 2.24) is 9.55 Å². The lowest BCUT2D eigenvalue weighted by molar-refractivity contribution is -0.117. The van der Waals surface area contributed by atoms with Gasteiger partial charge in [-0.3, -0.25) is 4.79 Å². The summed E-state index contributed by atoms with van der Waals surface area (Å²) in [7, 11) is 1.64. The van der Waals surface area contributed by atoms with Crippen molar-refractivity contribution < 1.29 is 13.9 Å². The minimum atomic E-state index is -0.654. The Morgan fingerprint density at radius 2 is 2.00 bits per heavy atom. The van der Waals surface area contributed by atoms with Crippen LogP contribution in [0.2, 0.25) is 0 Å². The summed E-state index contributed by atoms with van der Waals surface area (Å²) in [6.45, 7) is 1.12. The molecule has 25 heavy (non-hydrogen) atoms. The number of para-hydroxylation sites is 2. The molecule has 1 heterocycles. The van der Waals surface area contributed by atoms with Crippen LogP contribution in [0.4, 0.5) is 4.39 Å².